The minimum atomic E-state index is -4.06. The molecule has 1 aliphatic heterocycles. The molecule has 0 saturated carbocycles. The third kappa shape index (κ3) is 7.53. The van der Waals surface area contributed by atoms with Gasteiger partial charge >= 0.3 is 17.9 Å². The van der Waals surface area contributed by atoms with E-state index in [1.165, 1.54) is 37.4 Å². The summed E-state index contributed by atoms with van der Waals surface area (Å²) >= 11 is 0. The van der Waals surface area contributed by atoms with Crippen LogP contribution in [0.3, 0.4) is 0 Å². The predicted molar refractivity (Wildman–Crippen MR) is 119 cm³/mol. The van der Waals surface area contributed by atoms with Crippen molar-refractivity contribution in [3.8, 4) is 0 Å². The molecule has 1 saturated heterocycles. The normalized spacial score (nSPS) is 21.3. The van der Waals surface area contributed by atoms with Gasteiger partial charge in [-0.3, -0.25) is 14.4 Å². The van der Waals surface area contributed by atoms with Crippen LogP contribution in [0.25, 0.3) is 0 Å². The number of aryl methyl sites for hydroxylation is 1. The molecule has 184 valence electrons. The molecule has 33 heavy (non-hydrogen) atoms. The average molecular weight is 484 g/mol. The molecule has 1 fully saturated rings. The number of methoxy groups -OCH3 is 1. The highest BCUT2D eigenvalue weighted by molar-refractivity contribution is 7.89. The molecule has 9 nitrogen and oxygen atoms in total. The van der Waals surface area contributed by atoms with Crippen molar-refractivity contribution in [3.63, 3.8) is 0 Å². The Morgan fingerprint density at radius 1 is 0.970 bits per heavy atom. The summed E-state index contributed by atoms with van der Waals surface area (Å²) in [6.07, 6.45) is 1.49. The summed E-state index contributed by atoms with van der Waals surface area (Å²) in [6, 6.07) is 5.97. The number of unbranched alkanes of at least 4 members (excludes halogenated alkanes) is 2. The molecule has 10 heteroatoms. The number of benzene rings is 1. The Morgan fingerprint density at radius 3 is 2.18 bits per heavy atom. The second kappa shape index (κ2) is 12.1. The van der Waals surface area contributed by atoms with E-state index in [1.54, 1.807) is 12.1 Å². The minimum absolute atomic E-state index is 0.0735. The van der Waals surface area contributed by atoms with Crippen molar-refractivity contribution >= 4 is 27.9 Å². The van der Waals surface area contributed by atoms with Crippen LogP contribution in [0.5, 0.6) is 0 Å². The first-order chi connectivity index (χ1) is 15.6. The van der Waals surface area contributed by atoms with E-state index in [9.17, 15) is 22.8 Å². The summed E-state index contributed by atoms with van der Waals surface area (Å²) in [6.45, 7) is 4.28. The highest BCUT2D eigenvalue weighted by atomic mass is 32.2. The molecule has 0 radical (unpaired) electrons. The summed E-state index contributed by atoms with van der Waals surface area (Å²) in [5, 5.41) is 0. The van der Waals surface area contributed by atoms with Gasteiger partial charge in [0.15, 0.2) is 6.10 Å². The lowest BCUT2D eigenvalue weighted by Gasteiger charge is -2.43. The van der Waals surface area contributed by atoms with E-state index in [2.05, 4.69) is 4.74 Å². The van der Waals surface area contributed by atoms with Crippen molar-refractivity contribution in [2.24, 2.45) is 0 Å². The number of carbonyl (C=O) groups is 3. The molecule has 1 aromatic rings. The van der Waals surface area contributed by atoms with Gasteiger partial charge in [0.1, 0.15) is 0 Å². The standard InChI is InChI=1S/C23H33NO8S/c1-16-10-13-20(14-11-16)33(28,29)24-19(8-6-5-7-9-22(27)30-4)12-15-21(31-17(2)25)23(24)32-18(3)26/h10-11,13-14,19,21,23H,5-9,12,15H2,1-4H3/t19-,21+,23+/m1/s1. The van der Waals surface area contributed by atoms with Gasteiger partial charge in [0.05, 0.1) is 12.0 Å². The molecule has 1 aliphatic rings. The third-order valence-electron chi connectivity index (χ3n) is 5.56. The van der Waals surface area contributed by atoms with E-state index < -0.39 is 40.3 Å². The van der Waals surface area contributed by atoms with E-state index >= 15 is 0 Å². The molecule has 0 amide bonds. The Hall–Kier alpha value is -2.46. The SMILES string of the molecule is COC(=O)CCCCC[C@@H]1CC[C@H](OC(C)=O)[C@H](OC(C)=O)N1S(=O)(=O)c1ccc(C)cc1. The Bertz CT molecular complexity index is 928. The predicted octanol–water partition coefficient (Wildman–Crippen LogP) is 3.09. The zero-order valence-electron chi connectivity index (χ0n) is 19.6. The number of rotatable bonds is 10. The molecular formula is C23H33NO8S. The van der Waals surface area contributed by atoms with Gasteiger partial charge in [-0.25, -0.2) is 8.42 Å². The van der Waals surface area contributed by atoms with Crippen LogP contribution in [0.4, 0.5) is 0 Å². The summed E-state index contributed by atoms with van der Waals surface area (Å²) in [5.41, 5.74) is 0.907. The van der Waals surface area contributed by atoms with Crippen molar-refractivity contribution in [1.29, 1.82) is 0 Å². The van der Waals surface area contributed by atoms with Crippen molar-refractivity contribution in [2.75, 3.05) is 7.11 Å². The van der Waals surface area contributed by atoms with E-state index in [-0.39, 0.29) is 10.9 Å². The quantitative estimate of drug-likeness (QED) is 0.283. The van der Waals surface area contributed by atoms with Crippen molar-refractivity contribution in [2.45, 2.75) is 89.0 Å². The van der Waals surface area contributed by atoms with Crippen LogP contribution < -0.4 is 0 Å². The number of sulfonamides is 1. The van der Waals surface area contributed by atoms with Crippen LogP contribution in [0.1, 0.15) is 64.4 Å². The van der Waals surface area contributed by atoms with Crippen LogP contribution in [0.15, 0.2) is 29.2 Å². The topological polar surface area (TPSA) is 116 Å². The van der Waals surface area contributed by atoms with E-state index in [0.717, 1.165) is 12.0 Å². The zero-order valence-corrected chi connectivity index (χ0v) is 20.4. The smallest absolute Gasteiger partial charge is 0.305 e. The zero-order chi connectivity index (χ0) is 24.6. The number of hydrogen-bond acceptors (Lipinski definition) is 8. The fraction of sp³-hybridized carbons (Fsp3) is 0.609. The number of ether oxygens (including phenoxy) is 3. The monoisotopic (exact) mass is 483 g/mol. The Labute approximate surface area is 195 Å². The fourth-order valence-electron chi connectivity index (χ4n) is 3.99. The van der Waals surface area contributed by atoms with Gasteiger partial charge in [0, 0.05) is 26.3 Å². The van der Waals surface area contributed by atoms with Gasteiger partial charge in [-0.05, 0) is 44.7 Å². The maximum Gasteiger partial charge on any atom is 0.305 e. The molecule has 2 rings (SSSR count). The van der Waals surface area contributed by atoms with Gasteiger partial charge in [0.2, 0.25) is 16.3 Å². The molecule has 0 spiro atoms. The molecule has 3 atom stereocenters. The van der Waals surface area contributed by atoms with Crippen LogP contribution in [-0.4, -0.2) is 56.1 Å². The van der Waals surface area contributed by atoms with Crippen LogP contribution in [-0.2, 0) is 38.6 Å². The molecule has 0 aromatic heterocycles. The summed E-state index contributed by atoms with van der Waals surface area (Å²) in [5.74, 6) is -1.53. The molecule has 0 aliphatic carbocycles. The lowest BCUT2D eigenvalue weighted by Crippen LogP contribution is -2.58. The van der Waals surface area contributed by atoms with Crippen molar-refractivity contribution in [3.05, 3.63) is 29.8 Å². The number of piperidine rings is 1. The van der Waals surface area contributed by atoms with Gasteiger partial charge in [-0.15, -0.1) is 0 Å². The van der Waals surface area contributed by atoms with Crippen molar-refractivity contribution in [1.82, 2.24) is 4.31 Å². The highest BCUT2D eigenvalue weighted by Gasteiger charge is 2.47. The second-order valence-electron chi connectivity index (χ2n) is 8.20. The third-order valence-corrected chi connectivity index (χ3v) is 7.49. The highest BCUT2D eigenvalue weighted by Crippen LogP contribution is 2.35. The number of carbonyl (C=O) groups excluding carboxylic acids is 3. The first-order valence-electron chi connectivity index (χ1n) is 11.1. The Balaban J connectivity index is 2.32. The van der Waals surface area contributed by atoms with Gasteiger partial charge < -0.3 is 14.2 Å². The molecular weight excluding hydrogens is 450 g/mol. The number of esters is 3. The summed E-state index contributed by atoms with van der Waals surface area (Å²) in [7, 11) is -2.72. The maximum absolute atomic E-state index is 13.7. The molecule has 1 aromatic carbocycles. The van der Waals surface area contributed by atoms with E-state index in [0.29, 0.717) is 38.5 Å². The average Bonchev–Trinajstić information content (AvgIpc) is 2.74. The van der Waals surface area contributed by atoms with Gasteiger partial charge in [0.25, 0.3) is 0 Å². The minimum Gasteiger partial charge on any atom is -0.469 e. The van der Waals surface area contributed by atoms with Crippen LogP contribution in [0.2, 0.25) is 0 Å². The first-order valence-corrected chi connectivity index (χ1v) is 12.5. The van der Waals surface area contributed by atoms with Gasteiger partial charge in [-0.1, -0.05) is 30.5 Å². The molecule has 1 heterocycles. The lowest BCUT2D eigenvalue weighted by molar-refractivity contribution is -0.184. The van der Waals surface area contributed by atoms with Gasteiger partial charge in [-0.2, -0.15) is 4.31 Å². The summed E-state index contributed by atoms with van der Waals surface area (Å²) < 4.78 is 44.0. The second-order valence-corrected chi connectivity index (χ2v) is 10.0. The van der Waals surface area contributed by atoms with Crippen LogP contribution >= 0.6 is 0 Å². The molecule has 0 bridgehead atoms. The Morgan fingerprint density at radius 2 is 1.61 bits per heavy atom. The first kappa shape index (κ1) is 26.8. The maximum atomic E-state index is 13.7. The van der Waals surface area contributed by atoms with E-state index in [1.807, 2.05) is 6.92 Å². The van der Waals surface area contributed by atoms with Crippen molar-refractivity contribution < 1.29 is 37.0 Å². The summed E-state index contributed by atoms with van der Waals surface area (Å²) in [4.78, 5) is 34.9. The Kier molecular flexibility index (Phi) is 9.85. The number of hydrogen-bond donors (Lipinski definition) is 0. The lowest BCUT2D eigenvalue weighted by atomic mass is 9.96. The molecule has 0 unspecified atom stereocenters. The fourth-order valence-corrected chi connectivity index (χ4v) is 5.77. The number of nitrogens with zero attached hydrogens (tertiary/aromatic N) is 1. The molecule has 0 N–H and O–H groups in total. The van der Waals surface area contributed by atoms with E-state index in [4.69, 9.17) is 9.47 Å². The van der Waals surface area contributed by atoms with Crippen LogP contribution in [0, 0.1) is 6.92 Å². The largest absolute Gasteiger partial charge is 0.469 e.